The maximum absolute atomic E-state index is 12.7. The first-order chi connectivity index (χ1) is 22.1. The van der Waals surface area contributed by atoms with Crippen LogP contribution in [0, 0.1) is 0 Å². The van der Waals surface area contributed by atoms with Gasteiger partial charge >= 0.3 is 5.97 Å². The molecule has 5 heteroatoms. The summed E-state index contributed by atoms with van der Waals surface area (Å²) in [5, 5.41) is 12.7. The van der Waals surface area contributed by atoms with E-state index in [0.717, 1.165) is 28.6 Å². The van der Waals surface area contributed by atoms with Gasteiger partial charge < -0.3 is 14.6 Å². The summed E-state index contributed by atoms with van der Waals surface area (Å²) in [4.78, 5) is 17.2. The lowest BCUT2D eigenvalue weighted by Crippen LogP contribution is -2.08. The molecule has 4 aromatic rings. The predicted octanol–water partition coefficient (Wildman–Crippen LogP) is 11.4. The van der Waals surface area contributed by atoms with Crippen molar-refractivity contribution in [2.75, 3.05) is 6.61 Å². The van der Waals surface area contributed by atoms with Crippen molar-refractivity contribution in [3.05, 3.63) is 96.1 Å². The molecule has 0 bridgehead atoms. The number of phenolic OH excluding ortho intramolecular Hbond substituents is 1. The summed E-state index contributed by atoms with van der Waals surface area (Å²) < 4.78 is 11.4. The van der Waals surface area contributed by atoms with Gasteiger partial charge in [-0.2, -0.15) is 0 Å². The van der Waals surface area contributed by atoms with Crippen LogP contribution in [0.5, 0.6) is 17.2 Å². The Morgan fingerprint density at radius 1 is 0.667 bits per heavy atom. The fourth-order valence-corrected chi connectivity index (χ4v) is 5.44. The number of esters is 1. The Morgan fingerprint density at radius 3 is 1.91 bits per heavy atom. The Labute approximate surface area is 269 Å². The molecule has 0 atom stereocenters. The molecule has 0 spiro atoms. The van der Waals surface area contributed by atoms with Crippen molar-refractivity contribution in [3.63, 3.8) is 0 Å². The molecule has 0 aromatic heterocycles. The summed E-state index contributed by atoms with van der Waals surface area (Å²) >= 11 is 0. The van der Waals surface area contributed by atoms with Gasteiger partial charge in [-0.15, -0.1) is 0 Å². The summed E-state index contributed by atoms with van der Waals surface area (Å²) in [6, 6.07) is 25.8. The van der Waals surface area contributed by atoms with Crippen LogP contribution in [-0.4, -0.2) is 23.9 Å². The number of hydrogen-bond acceptors (Lipinski definition) is 5. The standard InChI is InChI=1S/C40H49NO4/c1-2-3-4-5-6-7-8-9-10-11-12-13-14-17-28-44-37-25-21-33(22-26-37)40(43)45-38-27-23-35(39(42)30-38)31-41-36-24-20-32-18-15-16-19-34(32)29-36/h15-16,18-27,29-31,42H,2-14,17,28H2,1H3. The molecule has 5 nitrogen and oxygen atoms in total. The Morgan fingerprint density at radius 2 is 1.27 bits per heavy atom. The number of aliphatic imine (C=N–C) groups is 1. The van der Waals surface area contributed by atoms with Gasteiger partial charge in [0, 0.05) is 17.8 Å². The van der Waals surface area contributed by atoms with Crippen LogP contribution < -0.4 is 9.47 Å². The van der Waals surface area contributed by atoms with E-state index in [9.17, 15) is 9.90 Å². The van der Waals surface area contributed by atoms with E-state index in [2.05, 4.69) is 18.0 Å². The molecule has 0 fully saturated rings. The van der Waals surface area contributed by atoms with Crippen molar-refractivity contribution < 1.29 is 19.4 Å². The fourth-order valence-electron chi connectivity index (χ4n) is 5.44. The third kappa shape index (κ3) is 12.1. The van der Waals surface area contributed by atoms with Gasteiger partial charge in [-0.3, -0.25) is 4.99 Å². The first-order valence-corrected chi connectivity index (χ1v) is 16.9. The summed E-state index contributed by atoms with van der Waals surface area (Å²) in [6.07, 6.45) is 20.3. The average Bonchev–Trinajstić information content (AvgIpc) is 3.06. The van der Waals surface area contributed by atoms with Gasteiger partial charge in [0.05, 0.1) is 17.9 Å². The Hall–Kier alpha value is -4.12. The van der Waals surface area contributed by atoms with Crippen LogP contribution in [0.2, 0.25) is 0 Å². The van der Waals surface area contributed by atoms with Gasteiger partial charge in [0.1, 0.15) is 17.2 Å². The highest BCUT2D eigenvalue weighted by molar-refractivity contribution is 5.92. The number of unbranched alkanes of at least 4 members (excludes halogenated alkanes) is 13. The lowest BCUT2D eigenvalue weighted by molar-refractivity contribution is 0.0734. The van der Waals surface area contributed by atoms with Crippen LogP contribution in [-0.2, 0) is 0 Å². The highest BCUT2D eigenvalue weighted by Gasteiger charge is 2.11. The molecule has 0 aliphatic carbocycles. The zero-order valence-corrected chi connectivity index (χ0v) is 26.9. The summed E-state index contributed by atoms with van der Waals surface area (Å²) in [6.45, 7) is 2.95. The van der Waals surface area contributed by atoms with E-state index < -0.39 is 5.97 Å². The van der Waals surface area contributed by atoms with E-state index in [1.165, 1.54) is 89.5 Å². The number of nitrogens with zero attached hydrogens (tertiary/aromatic N) is 1. The Bertz CT molecular complexity index is 1480. The number of carbonyl (C=O) groups excluding carboxylic acids is 1. The van der Waals surface area contributed by atoms with E-state index in [4.69, 9.17) is 9.47 Å². The number of benzene rings is 4. The first kappa shape index (κ1) is 33.8. The van der Waals surface area contributed by atoms with Gasteiger partial charge in [-0.05, 0) is 65.7 Å². The fraction of sp³-hybridized carbons (Fsp3) is 0.400. The van der Waals surface area contributed by atoms with E-state index in [-0.39, 0.29) is 11.5 Å². The van der Waals surface area contributed by atoms with E-state index in [1.807, 2.05) is 36.4 Å². The summed E-state index contributed by atoms with van der Waals surface area (Å²) in [5.74, 6) is 0.495. The number of hydrogen-bond donors (Lipinski definition) is 1. The van der Waals surface area contributed by atoms with E-state index >= 15 is 0 Å². The van der Waals surface area contributed by atoms with Gasteiger partial charge in [0.25, 0.3) is 0 Å². The molecular formula is C40H49NO4. The van der Waals surface area contributed by atoms with Gasteiger partial charge in [0.2, 0.25) is 0 Å². The number of fused-ring (bicyclic) bond motifs is 1. The third-order valence-electron chi connectivity index (χ3n) is 8.15. The third-order valence-corrected chi connectivity index (χ3v) is 8.15. The van der Waals surface area contributed by atoms with Gasteiger partial charge in [-0.1, -0.05) is 121 Å². The van der Waals surface area contributed by atoms with Crippen LogP contribution in [0.1, 0.15) is 113 Å². The maximum atomic E-state index is 12.7. The van der Waals surface area contributed by atoms with Crippen LogP contribution in [0.15, 0.2) is 89.9 Å². The van der Waals surface area contributed by atoms with Crippen molar-refractivity contribution in [2.45, 2.75) is 96.8 Å². The van der Waals surface area contributed by atoms with E-state index in [1.54, 1.807) is 42.6 Å². The van der Waals surface area contributed by atoms with Crippen molar-refractivity contribution >= 4 is 28.6 Å². The zero-order chi connectivity index (χ0) is 31.5. The minimum atomic E-state index is -0.495. The Balaban J connectivity index is 1.10. The molecule has 0 saturated heterocycles. The quantitative estimate of drug-likeness (QED) is 0.0470. The van der Waals surface area contributed by atoms with Crippen LogP contribution in [0.4, 0.5) is 5.69 Å². The smallest absolute Gasteiger partial charge is 0.343 e. The second-order valence-corrected chi connectivity index (χ2v) is 11.9. The van der Waals surface area contributed by atoms with Crippen LogP contribution >= 0.6 is 0 Å². The molecule has 0 amide bonds. The number of aromatic hydroxyl groups is 1. The van der Waals surface area contributed by atoms with Crippen LogP contribution in [0.3, 0.4) is 0 Å². The molecule has 238 valence electrons. The lowest BCUT2D eigenvalue weighted by atomic mass is 10.0. The van der Waals surface area contributed by atoms with Crippen molar-refractivity contribution in [1.29, 1.82) is 0 Å². The molecule has 0 aliphatic heterocycles. The molecule has 0 heterocycles. The minimum absolute atomic E-state index is 0.0166. The molecular weight excluding hydrogens is 558 g/mol. The molecule has 45 heavy (non-hydrogen) atoms. The largest absolute Gasteiger partial charge is 0.507 e. The van der Waals surface area contributed by atoms with Crippen LogP contribution in [0.25, 0.3) is 10.8 Å². The van der Waals surface area contributed by atoms with Gasteiger partial charge in [-0.25, -0.2) is 4.79 Å². The predicted molar refractivity (Wildman–Crippen MR) is 187 cm³/mol. The number of carbonyl (C=O) groups is 1. The molecule has 0 unspecified atom stereocenters. The minimum Gasteiger partial charge on any atom is -0.507 e. The van der Waals surface area contributed by atoms with Gasteiger partial charge in [0.15, 0.2) is 0 Å². The molecule has 1 N–H and O–H groups in total. The van der Waals surface area contributed by atoms with Crippen molar-refractivity contribution in [1.82, 2.24) is 0 Å². The lowest BCUT2D eigenvalue weighted by Gasteiger charge is -2.08. The topological polar surface area (TPSA) is 68.1 Å². The Kier molecular flexibility index (Phi) is 14.5. The zero-order valence-electron chi connectivity index (χ0n) is 26.9. The van der Waals surface area contributed by atoms with Crippen molar-refractivity contribution in [2.24, 2.45) is 4.99 Å². The molecule has 4 aromatic carbocycles. The number of phenols is 1. The normalized spacial score (nSPS) is 11.3. The highest BCUT2D eigenvalue weighted by Crippen LogP contribution is 2.26. The SMILES string of the molecule is CCCCCCCCCCCCCCCCOc1ccc(C(=O)Oc2ccc(C=Nc3ccc4ccccc4c3)c(O)c2)cc1. The second-order valence-electron chi connectivity index (χ2n) is 11.9. The highest BCUT2D eigenvalue weighted by atomic mass is 16.5. The monoisotopic (exact) mass is 607 g/mol. The molecule has 0 radical (unpaired) electrons. The average molecular weight is 608 g/mol. The number of rotatable bonds is 20. The van der Waals surface area contributed by atoms with Crippen molar-refractivity contribution in [3.8, 4) is 17.2 Å². The maximum Gasteiger partial charge on any atom is 0.343 e. The second kappa shape index (κ2) is 19.3. The molecule has 0 saturated carbocycles. The summed E-state index contributed by atoms with van der Waals surface area (Å²) in [5.41, 5.74) is 1.74. The summed E-state index contributed by atoms with van der Waals surface area (Å²) in [7, 11) is 0. The first-order valence-electron chi connectivity index (χ1n) is 16.9. The molecule has 4 rings (SSSR count). The molecule has 0 aliphatic rings. The number of ether oxygens (including phenoxy) is 2. The van der Waals surface area contributed by atoms with E-state index in [0.29, 0.717) is 17.7 Å².